The second-order valence-corrected chi connectivity index (χ2v) is 4.32. The molecule has 0 saturated carbocycles. The first-order chi connectivity index (χ1) is 9.21. The van der Waals surface area contributed by atoms with E-state index in [4.69, 9.17) is 10.8 Å². The smallest absolute Gasteiger partial charge is 0.225 e. The molecule has 0 radical (unpaired) electrons. The number of nitrogens with one attached hydrogen (secondary N) is 1. The van der Waals surface area contributed by atoms with E-state index in [0.29, 0.717) is 26.1 Å². The fourth-order valence-corrected chi connectivity index (χ4v) is 1.86. The minimum absolute atomic E-state index is 0.0303. The third kappa shape index (κ3) is 5.38. The Hall–Kier alpha value is -1.43. The standard InChI is InChI=1S/C14H23N3O2/c1-2-17(9-10-18)8-7-14(19)16-13-6-4-3-5-12(13)11-15/h3-6,18H,2,7-11,15H2,1H3,(H,16,19). The summed E-state index contributed by atoms with van der Waals surface area (Å²) >= 11 is 0. The van der Waals surface area contributed by atoms with E-state index in [2.05, 4.69) is 5.32 Å². The molecule has 1 amide bonds. The number of aliphatic hydroxyl groups excluding tert-OH is 1. The first kappa shape index (κ1) is 15.6. The van der Waals surface area contributed by atoms with Crippen molar-refractivity contribution < 1.29 is 9.90 Å². The van der Waals surface area contributed by atoms with E-state index in [0.717, 1.165) is 17.8 Å². The van der Waals surface area contributed by atoms with Gasteiger partial charge in [0.1, 0.15) is 0 Å². The number of likely N-dealkylation sites (N-methyl/N-ethyl adjacent to an activating group) is 1. The minimum Gasteiger partial charge on any atom is -0.395 e. The Labute approximate surface area is 114 Å². The fraction of sp³-hybridized carbons (Fsp3) is 0.500. The summed E-state index contributed by atoms with van der Waals surface area (Å²) in [5.41, 5.74) is 7.33. The molecule has 1 aromatic rings. The van der Waals surface area contributed by atoms with Gasteiger partial charge in [-0.3, -0.25) is 4.79 Å². The number of rotatable bonds is 8. The average Bonchev–Trinajstić information content (AvgIpc) is 2.44. The van der Waals surface area contributed by atoms with Crippen LogP contribution in [0.1, 0.15) is 18.9 Å². The molecule has 0 fully saturated rings. The van der Waals surface area contributed by atoms with Gasteiger partial charge in [-0.1, -0.05) is 25.1 Å². The molecule has 0 spiro atoms. The molecule has 4 N–H and O–H groups in total. The highest BCUT2D eigenvalue weighted by Crippen LogP contribution is 2.14. The maximum absolute atomic E-state index is 11.9. The highest BCUT2D eigenvalue weighted by atomic mass is 16.3. The lowest BCUT2D eigenvalue weighted by Gasteiger charge is -2.18. The van der Waals surface area contributed by atoms with Gasteiger partial charge in [-0.05, 0) is 18.2 Å². The van der Waals surface area contributed by atoms with Gasteiger partial charge in [-0.15, -0.1) is 0 Å². The zero-order valence-corrected chi connectivity index (χ0v) is 11.4. The van der Waals surface area contributed by atoms with Gasteiger partial charge in [0.2, 0.25) is 5.91 Å². The molecule has 106 valence electrons. The molecule has 5 nitrogen and oxygen atoms in total. The zero-order valence-electron chi connectivity index (χ0n) is 11.4. The van der Waals surface area contributed by atoms with Gasteiger partial charge in [0.05, 0.1) is 6.61 Å². The van der Waals surface area contributed by atoms with E-state index < -0.39 is 0 Å². The topological polar surface area (TPSA) is 78.6 Å². The Kier molecular flexibility index (Phi) is 7.10. The molecule has 0 aliphatic rings. The summed E-state index contributed by atoms with van der Waals surface area (Å²) in [6.45, 7) is 4.61. The average molecular weight is 265 g/mol. The Morgan fingerprint density at radius 3 is 2.74 bits per heavy atom. The van der Waals surface area contributed by atoms with Crippen LogP contribution in [0, 0.1) is 0 Å². The Morgan fingerprint density at radius 2 is 2.11 bits per heavy atom. The van der Waals surface area contributed by atoms with Crippen molar-refractivity contribution in [3.8, 4) is 0 Å². The van der Waals surface area contributed by atoms with Crippen LogP contribution >= 0.6 is 0 Å². The number of hydrogen-bond donors (Lipinski definition) is 3. The highest BCUT2D eigenvalue weighted by Gasteiger charge is 2.08. The lowest BCUT2D eigenvalue weighted by atomic mass is 10.1. The normalized spacial score (nSPS) is 10.7. The molecule has 0 aromatic heterocycles. The first-order valence-electron chi connectivity index (χ1n) is 6.62. The van der Waals surface area contributed by atoms with Crippen molar-refractivity contribution in [3.05, 3.63) is 29.8 Å². The number of aliphatic hydroxyl groups is 1. The number of carbonyl (C=O) groups excluding carboxylic acids is 1. The van der Waals surface area contributed by atoms with Crippen LogP contribution in [0.3, 0.4) is 0 Å². The molecular weight excluding hydrogens is 242 g/mol. The fourth-order valence-electron chi connectivity index (χ4n) is 1.86. The lowest BCUT2D eigenvalue weighted by Crippen LogP contribution is -2.30. The van der Waals surface area contributed by atoms with Gasteiger partial charge >= 0.3 is 0 Å². The lowest BCUT2D eigenvalue weighted by molar-refractivity contribution is -0.116. The molecule has 1 aromatic carbocycles. The number of nitrogens with two attached hydrogens (primary N) is 1. The molecule has 0 aliphatic heterocycles. The third-order valence-electron chi connectivity index (χ3n) is 3.03. The van der Waals surface area contributed by atoms with Crippen molar-refractivity contribution in [1.82, 2.24) is 4.90 Å². The number of anilines is 1. The van der Waals surface area contributed by atoms with Gasteiger partial charge in [0.25, 0.3) is 0 Å². The van der Waals surface area contributed by atoms with Crippen LogP contribution in [0.2, 0.25) is 0 Å². The van der Waals surface area contributed by atoms with Crippen LogP contribution in [0.5, 0.6) is 0 Å². The number of amides is 1. The number of nitrogens with zero attached hydrogens (tertiary/aromatic N) is 1. The van der Waals surface area contributed by atoms with Crippen molar-refractivity contribution in [1.29, 1.82) is 0 Å². The van der Waals surface area contributed by atoms with Crippen LogP contribution < -0.4 is 11.1 Å². The molecule has 0 aliphatic carbocycles. The second kappa shape index (κ2) is 8.63. The van der Waals surface area contributed by atoms with E-state index in [-0.39, 0.29) is 12.5 Å². The molecule has 19 heavy (non-hydrogen) atoms. The number of hydrogen-bond acceptors (Lipinski definition) is 4. The summed E-state index contributed by atoms with van der Waals surface area (Å²) in [4.78, 5) is 13.9. The summed E-state index contributed by atoms with van der Waals surface area (Å²) in [6, 6.07) is 7.53. The van der Waals surface area contributed by atoms with Crippen molar-refractivity contribution in [2.45, 2.75) is 19.9 Å². The van der Waals surface area contributed by atoms with Crippen molar-refractivity contribution in [2.75, 3.05) is 31.6 Å². The molecule has 5 heteroatoms. The SMILES string of the molecule is CCN(CCO)CCC(=O)Nc1ccccc1CN. The molecule has 0 bridgehead atoms. The predicted molar refractivity (Wildman–Crippen MR) is 76.8 cm³/mol. The van der Waals surface area contributed by atoms with Gasteiger partial charge in [-0.2, -0.15) is 0 Å². The predicted octanol–water partition coefficient (Wildman–Crippen LogP) is 0.788. The largest absolute Gasteiger partial charge is 0.395 e. The van der Waals surface area contributed by atoms with Crippen molar-refractivity contribution in [3.63, 3.8) is 0 Å². The van der Waals surface area contributed by atoms with Crippen LogP contribution in [-0.2, 0) is 11.3 Å². The molecule has 1 rings (SSSR count). The van der Waals surface area contributed by atoms with Crippen LogP contribution in [-0.4, -0.2) is 42.2 Å². The van der Waals surface area contributed by atoms with Crippen molar-refractivity contribution in [2.24, 2.45) is 5.73 Å². The van der Waals surface area contributed by atoms with Crippen LogP contribution in [0.15, 0.2) is 24.3 Å². The first-order valence-corrected chi connectivity index (χ1v) is 6.62. The summed E-state index contributed by atoms with van der Waals surface area (Å²) < 4.78 is 0. The van der Waals surface area contributed by atoms with E-state index in [1.807, 2.05) is 36.1 Å². The third-order valence-corrected chi connectivity index (χ3v) is 3.03. The van der Waals surface area contributed by atoms with Crippen LogP contribution in [0.25, 0.3) is 0 Å². The van der Waals surface area contributed by atoms with Crippen molar-refractivity contribution >= 4 is 11.6 Å². The Bertz CT molecular complexity index is 396. The van der Waals surface area contributed by atoms with Gasteiger partial charge in [0, 0.05) is 31.7 Å². The zero-order chi connectivity index (χ0) is 14.1. The van der Waals surface area contributed by atoms with Crippen LogP contribution in [0.4, 0.5) is 5.69 Å². The quantitative estimate of drug-likeness (QED) is 0.649. The second-order valence-electron chi connectivity index (χ2n) is 4.32. The van der Waals surface area contributed by atoms with Gasteiger partial charge < -0.3 is 21.1 Å². The molecule has 0 saturated heterocycles. The number of carbonyl (C=O) groups is 1. The minimum atomic E-state index is -0.0303. The van der Waals surface area contributed by atoms with Gasteiger partial charge in [-0.25, -0.2) is 0 Å². The Balaban J connectivity index is 2.46. The number of para-hydroxylation sites is 1. The maximum atomic E-state index is 11.9. The van der Waals surface area contributed by atoms with E-state index in [9.17, 15) is 4.79 Å². The maximum Gasteiger partial charge on any atom is 0.225 e. The molecule has 0 atom stereocenters. The van der Waals surface area contributed by atoms with E-state index in [1.165, 1.54) is 0 Å². The Morgan fingerprint density at radius 1 is 1.37 bits per heavy atom. The summed E-state index contributed by atoms with van der Waals surface area (Å²) in [5.74, 6) is -0.0303. The van der Waals surface area contributed by atoms with E-state index in [1.54, 1.807) is 0 Å². The molecular formula is C14H23N3O2. The van der Waals surface area contributed by atoms with Gasteiger partial charge in [0.15, 0.2) is 0 Å². The summed E-state index contributed by atoms with van der Waals surface area (Å²) in [5, 5.41) is 11.8. The summed E-state index contributed by atoms with van der Waals surface area (Å²) in [7, 11) is 0. The molecule has 0 heterocycles. The molecule has 0 unspecified atom stereocenters. The number of benzene rings is 1. The monoisotopic (exact) mass is 265 g/mol. The highest BCUT2D eigenvalue weighted by molar-refractivity contribution is 5.91. The summed E-state index contributed by atoms with van der Waals surface area (Å²) in [6.07, 6.45) is 0.409. The van der Waals surface area contributed by atoms with E-state index >= 15 is 0 Å².